The van der Waals surface area contributed by atoms with Crippen molar-refractivity contribution in [2.24, 2.45) is 5.41 Å². The monoisotopic (exact) mass is 316 g/mol. The van der Waals surface area contributed by atoms with Crippen LogP contribution in [0.2, 0.25) is 0 Å². The number of hydrogen-bond acceptors (Lipinski definition) is 3. The van der Waals surface area contributed by atoms with E-state index in [4.69, 9.17) is 5.11 Å². The molecule has 1 aromatic heterocycles. The standard InChI is InChI=1S/C14H24N2O4S/c1-6-7-16-9-11(8-12(16)13(17)18)21(19,20)15-10(2)14(3,4)5/h8-10,15H,6-7H2,1-5H3,(H,17,18). The lowest BCUT2D eigenvalue weighted by Gasteiger charge is -2.27. The summed E-state index contributed by atoms with van der Waals surface area (Å²) < 4.78 is 28.8. The molecule has 6 nitrogen and oxygen atoms in total. The number of aryl methyl sites for hydroxylation is 1. The summed E-state index contributed by atoms with van der Waals surface area (Å²) in [7, 11) is -3.73. The van der Waals surface area contributed by atoms with Crippen molar-refractivity contribution in [1.29, 1.82) is 0 Å². The largest absolute Gasteiger partial charge is 0.477 e. The molecule has 0 saturated heterocycles. The molecule has 0 aliphatic carbocycles. The van der Waals surface area contributed by atoms with Gasteiger partial charge in [-0.25, -0.2) is 17.9 Å². The Morgan fingerprint density at radius 3 is 2.43 bits per heavy atom. The highest BCUT2D eigenvalue weighted by atomic mass is 32.2. The minimum atomic E-state index is -3.73. The summed E-state index contributed by atoms with van der Waals surface area (Å²) in [5.74, 6) is -1.13. The summed E-state index contributed by atoms with van der Waals surface area (Å²) >= 11 is 0. The smallest absolute Gasteiger partial charge is 0.352 e. The Morgan fingerprint density at radius 1 is 1.43 bits per heavy atom. The van der Waals surface area contributed by atoms with Crippen LogP contribution in [-0.4, -0.2) is 30.1 Å². The number of rotatable bonds is 6. The number of nitrogens with zero attached hydrogens (tertiary/aromatic N) is 1. The molecule has 21 heavy (non-hydrogen) atoms. The molecule has 1 atom stereocenters. The van der Waals surface area contributed by atoms with Gasteiger partial charge in [0.2, 0.25) is 10.0 Å². The molecule has 0 saturated carbocycles. The number of carboxylic acids is 1. The lowest BCUT2D eigenvalue weighted by atomic mass is 9.89. The predicted molar refractivity (Wildman–Crippen MR) is 80.9 cm³/mol. The van der Waals surface area contributed by atoms with E-state index in [1.807, 2.05) is 27.7 Å². The average Bonchev–Trinajstić information content (AvgIpc) is 2.72. The van der Waals surface area contributed by atoms with Crippen molar-refractivity contribution >= 4 is 16.0 Å². The molecule has 0 fully saturated rings. The zero-order valence-electron chi connectivity index (χ0n) is 13.2. The van der Waals surface area contributed by atoms with Crippen LogP contribution in [-0.2, 0) is 16.6 Å². The third kappa shape index (κ3) is 4.31. The van der Waals surface area contributed by atoms with Crippen molar-refractivity contribution in [3.63, 3.8) is 0 Å². The number of carbonyl (C=O) groups is 1. The van der Waals surface area contributed by atoms with Gasteiger partial charge in [-0.2, -0.15) is 0 Å². The van der Waals surface area contributed by atoms with E-state index in [1.165, 1.54) is 16.8 Å². The topological polar surface area (TPSA) is 88.4 Å². The summed E-state index contributed by atoms with van der Waals surface area (Å²) in [6, 6.07) is 0.931. The lowest BCUT2D eigenvalue weighted by Crippen LogP contribution is -2.41. The van der Waals surface area contributed by atoms with Gasteiger partial charge < -0.3 is 9.67 Å². The van der Waals surface area contributed by atoms with Crippen molar-refractivity contribution in [3.8, 4) is 0 Å². The molecular weight excluding hydrogens is 292 g/mol. The fraction of sp³-hybridized carbons (Fsp3) is 0.643. The Morgan fingerprint density at radius 2 is 2.00 bits per heavy atom. The Hall–Kier alpha value is -1.34. The first-order valence-electron chi connectivity index (χ1n) is 6.95. The molecule has 0 radical (unpaired) electrons. The van der Waals surface area contributed by atoms with Crippen LogP contribution >= 0.6 is 0 Å². The fourth-order valence-corrected chi connectivity index (χ4v) is 3.20. The van der Waals surface area contributed by atoms with Crippen molar-refractivity contribution in [2.75, 3.05) is 0 Å². The van der Waals surface area contributed by atoms with E-state index in [-0.39, 0.29) is 22.0 Å². The van der Waals surface area contributed by atoms with Gasteiger partial charge in [0.25, 0.3) is 0 Å². The highest BCUT2D eigenvalue weighted by molar-refractivity contribution is 7.89. The molecule has 1 rings (SSSR count). The normalized spacial score (nSPS) is 14.1. The Balaban J connectivity index is 3.15. The molecule has 0 bridgehead atoms. The summed E-state index contributed by atoms with van der Waals surface area (Å²) in [5.41, 5.74) is -0.241. The first-order chi connectivity index (χ1) is 9.49. The molecule has 1 heterocycles. The Labute approximate surface area is 126 Å². The van der Waals surface area contributed by atoms with Crippen LogP contribution in [0.1, 0.15) is 51.5 Å². The molecule has 2 N–H and O–H groups in total. The number of hydrogen-bond donors (Lipinski definition) is 2. The zero-order valence-corrected chi connectivity index (χ0v) is 14.0. The Bertz CT molecular complexity index is 611. The first kappa shape index (κ1) is 17.7. The minimum absolute atomic E-state index is 0.00977. The van der Waals surface area contributed by atoms with E-state index in [9.17, 15) is 13.2 Å². The van der Waals surface area contributed by atoms with Gasteiger partial charge in [0.1, 0.15) is 10.6 Å². The number of carboxylic acid groups (broad SMARTS) is 1. The van der Waals surface area contributed by atoms with Gasteiger partial charge in [-0.1, -0.05) is 27.7 Å². The predicted octanol–water partition coefficient (Wildman–Crippen LogP) is 2.31. The summed E-state index contributed by atoms with van der Waals surface area (Å²) in [6.45, 7) is 9.96. The number of aromatic carboxylic acids is 1. The maximum atomic E-state index is 12.4. The Kier molecular flexibility index (Phi) is 5.22. The second kappa shape index (κ2) is 6.19. The molecule has 0 aliphatic heterocycles. The number of sulfonamides is 1. The SMILES string of the molecule is CCCn1cc(S(=O)(=O)NC(C)C(C)(C)C)cc1C(=O)O. The molecule has 0 aliphatic rings. The van der Waals surface area contributed by atoms with Crippen molar-refractivity contribution in [3.05, 3.63) is 18.0 Å². The van der Waals surface area contributed by atoms with Gasteiger partial charge in [0.05, 0.1) is 0 Å². The van der Waals surface area contributed by atoms with Gasteiger partial charge in [-0.05, 0) is 24.8 Å². The molecule has 120 valence electrons. The molecule has 0 amide bonds. The van der Waals surface area contributed by atoms with E-state index >= 15 is 0 Å². The van der Waals surface area contributed by atoms with Crippen LogP contribution in [0.5, 0.6) is 0 Å². The fourth-order valence-electron chi connectivity index (χ4n) is 1.71. The van der Waals surface area contributed by atoms with Crippen molar-refractivity contribution < 1.29 is 18.3 Å². The van der Waals surface area contributed by atoms with Crippen molar-refractivity contribution in [1.82, 2.24) is 9.29 Å². The quantitative estimate of drug-likeness (QED) is 0.843. The van der Waals surface area contributed by atoms with Gasteiger partial charge in [0.15, 0.2) is 0 Å². The zero-order chi connectivity index (χ0) is 16.4. The third-order valence-electron chi connectivity index (χ3n) is 3.50. The van der Waals surface area contributed by atoms with Crippen LogP contribution in [0.25, 0.3) is 0 Å². The minimum Gasteiger partial charge on any atom is -0.477 e. The summed E-state index contributed by atoms with van der Waals surface area (Å²) in [5, 5.41) is 9.15. The molecule has 7 heteroatoms. The van der Waals surface area contributed by atoms with Crippen LogP contribution in [0.15, 0.2) is 17.2 Å². The van der Waals surface area contributed by atoms with Gasteiger partial charge in [0, 0.05) is 18.8 Å². The number of nitrogens with one attached hydrogen (secondary N) is 1. The second-order valence-corrected chi connectivity index (χ2v) is 7.98. The highest BCUT2D eigenvalue weighted by Gasteiger charge is 2.27. The second-order valence-electron chi connectivity index (χ2n) is 6.27. The van der Waals surface area contributed by atoms with Gasteiger partial charge in [-0.3, -0.25) is 0 Å². The maximum absolute atomic E-state index is 12.4. The van der Waals surface area contributed by atoms with E-state index in [0.717, 1.165) is 6.42 Å². The van der Waals surface area contributed by atoms with Crippen LogP contribution in [0.4, 0.5) is 0 Å². The summed E-state index contributed by atoms with van der Waals surface area (Å²) in [4.78, 5) is 11.2. The summed E-state index contributed by atoms with van der Waals surface area (Å²) in [6.07, 6.45) is 2.10. The van der Waals surface area contributed by atoms with Crippen LogP contribution in [0, 0.1) is 5.41 Å². The molecule has 0 aromatic carbocycles. The van der Waals surface area contributed by atoms with E-state index in [2.05, 4.69) is 4.72 Å². The lowest BCUT2D eigenvalue weighted by molar-refractivity contribution is 0.0685. The van der Waals surface area contributed by atoms with Crippen molar-refractivity contribution in [2.45, 2.75) is 58.5 Å². The van der Waals surface area contributed by atoms with Gasteiger partial charge in [-0.15, -0.1) is 0 Å². The van der Waals surface area contributed by atoms with Crippen LogP contribution < -0.4 is 4.72 Å². The van der Waals surface area contributed by atoms with Crippen LogP contribution in [0.3, 0.4) is 0 Å². The first-order valence-corrected chi connectivity index (χ1v) is 8.43. The van der Waals surface area contributed by atoms with E-state index in [1.54, 1.807) is 6.92 Å². The highest BCUT2D eigenvalue weighted by Crippen LogP contribution is 2.22. The molecule has 0 spiro atoms. The number of aromatic nitrogens is 1. The van der Waals surface area contributed by atoms with Gasteiger partial charge >= 0.3 is 5.97 Å². The molecule has 1 aromatic rings. The maximum Gasteiger partial charge on any atom is 0.352 e. The average molecular weight is 316 g/mol. The van der Waals surface area contributed by atoms with E-state index < -0.39 is 16.0 Å². The molecular formula is C14H24N2O4S. The van der Waals surface area contributed by atoms with E-state index in [0.29, 0.717) is 6.54 Å². The third-order valence-corrected chi connectivity index (χ3v) is 5.00. The molecule has 1 unspecified atom stereocenters.